The zero-order chi connectivity index (χ0) is 12.7. The van der Waals surface area contributed by atoms with Gasteiger partial charge in [0.15, 0.2) is 0 Å². The zero-order valence-corrected chi connectivity index (χ0v) is 10.0. The molecule has 5 nitrogen and oxygen atoms in total. The summed E-state index contributed by atoms with van der Waals surface area (Å²) < 4.78 is 0. The third-order valence-electron chi connectivity index (χ3n) is 2.07. The van der Waals surface area contributed by atoms with Crippen LogP contribution in [0.3, 0.4) is 0 Å². The average Bonchev–Trinajstić information content (AvgIpc) is 2.12. The fraction of sp³-hybridized carbons (Fsp3) is 0.636. The van der Waals surface area contributed by atoms with Crippen LogP contribution in [0.15, 0.2) is 12.2 Å². The fourth-order valence-electron chi connectivity index (χ4n) is 1.09. The Kier molecular flexibility index (Phi) is 6.22. The highest BCUT2D eigenvalue weighted by Gasteiger charge is 2.18. The van der Waals surface area contributed by atoms with Gasteiger partial charge in [-0.25, -0.2) is 4.79 Å². The van der Waals surface area contributed by atoms with Crippen molar-refractivity contribution in [3.63, 3.8) is 0 Å². The summed E-state index contributed by atoms with van der Waals surface area (Å²) in [7, 11) is 0. The van der Waals surface area contributed by atoms with Crippen molar-refractivity contribution in [3.05, 3.63) is 12.2 Å². The van der Waals surface area contributed by atoms with Gasteiger partial charge in [-0.1, -0.05) is 26.0 Å². The lowest BCUT2D eigenvalue weighted by Crippen LogP contribution is -2.45. The first kappa shape index (κ1) is 14.5. The lowest BCUT2D eigenvalue weighted by atomic mass is 10.0. The number of nitrogens with one attached hydrogen (secondary N) is 2. The Hall–Kier alpha value is -1.52. The van der Waals surface area contributed by atoms with Gasteiger partial charge in [-0.15, -0.1) is 0 Å². The summed E-state index contributed by atoms with van der Waals surface area (Å²) in [5, 5.41) is 13.9. The van der Waals surface area contributed by atoms with E-state index in [1.165, 1.54) is 0 Å². The Morgan fingerprint density at radius 2 is 1.94 bits per heavy atom. The largest absolute Gasteiger partial charge is 0.481 e. The van der Waals surface area contributed by atoms with Gasteiger partial charge in [0.25, 0.3) is 0 Å². The van der Waals surface area contributed by atoms with Gasteiger partial charge >= 0.3 is 12.0 Å². The molecule has 1 atom stereocenters. The molecule has 0 saturated carbocycles. The SMILES string of the molecule is C=C(C)CNC(=O)NC(CC(=O)O)C(C)C. The number of carbonyl (C=O) groups excluding carboxylic acids is 1. The molecule has 0 aliphatic heterocycles. The Bertz CT molecular complexity index is 274. The van der Waals surface area contributed by atoms with Crippen LogP contribution in [-0.2, 0) is 4.79 Å². The van der Waals surface area contributed by atoms with Crippen LogP contribution in [-0.4, -0.2) is 29.7 Å². The maximum absolute atomic E-state index is 11.4. The monoisotopic (exact) mass is 228 g/mol. The molecular formula is C11H20N2O3. The predicted octanol–water partition coefficient (Wildman–Crippen LogP) is 1.36. The third-order valence-corrected chi connectivity index (χ3v) is 2.07. The first-order valence-electron chi connectivity index (χ1n) is 5.23. The van der Waals surface area contributed by atoms with Crippen molar-refractivity contribution in [2.75, 3.05) is 6.54 Å². The van der Waals surface area contributed by atoms with E-state index in [0.717, 1.165) is 5.57 Å². The lowest BCUT2D eigenvalue weighted by Gasteiger charge is -2.20. The average molecular weight is 228 g/mol. The molecule has 1 unspecified atom stereocenters. The second kappa shape index (κ2) is 6.87. The minimum absolute atomic E-state index is 0.0713. The van der Waals surface area contributed by atoms with E-state index in [-0.39, 0.29) is 24.4 Å². The molecule has 0 aromatic rings. The number of carboxylic acid groups (broad SMARTS) is 1. The number of hydrogen-bond acceptors (Lipinski definition) is 2. The second-order valence-corrected chi connectivity index (χ2v) is 4.23. The molecule has 0 bridgehead atoms. The summed E-state index contributed by atoms with van der Waals surface area (Å²) in [4.78, 5) is 22.0. The number of hydrogen-bond donors (Lipinski definition) is 3. The lowest BCUT2D eigenvalue weighted by molar-refractivity contribution is -0.137. The topological polar surface area (TPSA) is 78.4 Å². The van der Waals surface area contributed by atoms with Crippen LogP contribution in [0.2, 0.25) is 0 Å². The highest BCUT2D eigenvalue weighted by atomic mass is 16.4. The zero-order valence-electron chi connectivity index (χ0n) is 10.0. The molecule has 0 aromatic carbocycles. The normalized spacial score (nSPS) is 12.0. The maximum atomic E-state index is 11.4. The van der Waals surface area contributed by atoms with Gasteiger partial charge < -0.3 is 15.7 Å². The van der Waals surface area contributed by atoms with E-state index in [2.05, 4.69) is 17.2 Å². The molecule has 0 fully saturated rings. The van der Waals surface area contributed by atoms with Crippen molar-refractivity contribution in [3.8, 4) is 0 Å². The highest BCUT2D eigenvalue weighted by molar-refractivity contribution is 5.75. The Balaban J connectivity index is 4.13. The first-order chi connectivity index (χ1) is 7.32. The van der Waals surface area contributed by atoms with Gasteiger partial charge in [0.2, 0.25) is 0 Å². The van der Waals surface area contributed by atoms with E-state index in [0.29, 0.717) is 6.54 Å². The molecule has 0 spiro atoms. The molecule has 0 aliphatic carbocycles. The standard InChI is InChI=1S/C11H20N2O3/c1-7(2)6-12-11(16)13-9(8(3)4)5-10(14)15/h8-9H,1,5-6H2,2-4H3,(H,14,15)(H2,12,13,16). The van der Waals surface area contributed by atoms with Crippen LogP contribution in [0.5, 0.6) is 0 Å². The van der Waals surface area contributed by atoms with Gasteiger partial charge in [-0.3, -0.25) is 4.79 Å². The van der Waals surface area contributed by atoms with Crippen LogP contribution in [0.4, 0.5) is 4.79 Å². The molecule has 16 heavy (non-hydrogen) atoms. The van der Waals surface area contributed by atoms with Crippen molar-refractivity contribution >= 4 is 12.0 Å². The van der Waals surface area contributed by atoms with Gasteiger partial charge in [0.05, 0.1) is 6.42 Å². The van der Waals surface area contributed by atoms with Crippen molar-refractivity contribution in [2.24, 2.45) is 5.92 Å². The summed E-state index contributed by atoms with van der Waals surface area (Å²) in [6, 6.07) is -0.717. The van der Waals surface area contributed by atoms with Gasteiger partial charge in [0, 0.05) is 12.6 Å². The molecular weight excluding hydrogens is 208 g/mol. The minimum atomic E-state index is -0.918. The van der Waals surface area contributed by atoms with Crippen LogP contribution < -0.4 is 10.6 Å². The van der Waals surface area contributed by atoms with E-state index in [9.17, 15) is 9.59 Å². The van der Waals surface area contributed by atoms with E-state index in [4.69, 9.17) is 5.11 Å². The number of aliphatic carboxylic acids is 1. The molecule has 2 amide bonds. The molecule has 0 radical (unpaired) electrons. The fourth-order valence-corrected chi connectivity index (χ4v) is 1.09. The summed E-state index contributed by atoms with van der Waals surface area (Å²) in [6.07, 6.45) is -0.0713. The maximum Gasteiger partial charge on any atom is 0.315 e. The van der Waals surface area contributed by atoms with Gasteiger partial charge in [0.1, 0.15) is 0 Å². The van der Waals surface area contributed by atoms with Crippen molar-refractivity contribution in [1.29, 1.82) is 0 Å². The Morgan fingerprint density at radius 1 is 1.38 bits per heavy atom. The van der Waals surface area contributed by atoms with Crippen LogP contribution in [0.1, 0.15) is 27.2 Å². The smallest absolute Gasteiger partial charge is 0.315 e. The van der Waals surface area contributed by atoms with E-state index >= 15 is 0 Å². The second-order valence-electron chi connectivity index (χ2n) is 4.23. The van der Waals surface area contributed by atoms with E-state index < -0.39 is 5.97 Å². The summed E-state index contributed by atoms with van der Waals surface area (Å²) in [5.74, 6) is -0.842. The van der Waals surface area contributed by atoms with Crippen molar-refractivity contribution < 1.29 is 14.7 Å². The van der Waals surface area contributed by atoms with E-state index in [1.54, 1.807) is 6.92 Å². The van der Waals surface area contributed by atoms with Crippen molar-refractivity contribution in [1.82, 2.24) is 10.6 Å². The predicted molar refractivity (Wildman–Crippen MR) is 62.2 cm³/mol. The van der Waals surface area contributed by atoms with Crippen LogP contribution in [0.25, 0.3) is 0 Å². The Morgan fingerprint density at radius 3 is 2.31 bits per heavy atom. The molecule has 3 N–H and O–H groups in total. The van der Waals surface area contributed by atoms with E-state index in [1.807, 2.05) is 13.8 Å². The van der Waals surface area contributed by atoms with Crippen molar-refractivity contribution in [2.45, 2.75) is 33.2 Å². The summed E-state index contributed by atoms with van der Waals surface area (Å²) in [6.45, 7) is 9.58. The minimum Gasteiger partial charge on any atom is -0.481 e. The molecule has 0 heterocycles. The summed E-state index contributed by atoms with van der Waals surface area (Å²) in [5.41, 5.74) is 0.842. The molecule has 0 rings (SSSR count). The molecule has 0 aromatic heterocycles. The van der Waals surface area contributed by atoms with Crippen LogP contribution in [0, 0.1) is 5.92 Å². The number of carbonyl (C=O) groups is 2. The summed E-state index contributed by atoms with van der Waals surface area (Å²) >= 11 is 0. The molecule has 92 valence electrons. The Labute approximate surface area is 95.9 Å². The van der Waals surface area contributed by atoms with Gasteiger partial charge in [-0.05, 0) is 12.8 Å². The quantitative estimate of drug-likeness (QED) is 0.601. The number of amides is 2. The number of urea groups is 1. The van der Waals surface area contributed by atoms with Crippen LogP contribution >= 0.6 is 0 Å². The van der Waals surface area contributed by atoms with Gasteiger partial charge in [-0.2, -0.15) is 0 Å². The highest BCUT2D eigenvalue weighted by Crippen LogP contribution is 2.05. The third kappa shape index (κ3) is 6.86. The first-order valence-corrected chi connectivity index (χ1v) is 5.23. The molecule has 5 heteroatoms. The molecule has 0 aliphatic rings. The number of rotatable bonds is 6. The molecule has 0 saturated heterocycles. The number of carboxylic acids is 1.